The van der Waals surface area contributed by atoms with Crippen molar-refractivity contribution in [1.29, 1.82) is 5.26 Å². The van der Waals surface area contributed by atoms with Crippen molar-refractivity contribution in [3.8, 4) is 23.3 Å². The number of rotatable bonds is 5. The number of nitriles is 1. The third kappa shape index (κ3) is 5.68. The van der Waals surface area contributed by atoms with Gasteiger partial charge in [0.2, 0.25) is 5.69 Å². The number of alkyl halides is 3. The van der Waals surface area contributed by atoms with E-state index in [9.17, 15) is 27.6 Å². The van der Waals surface area contributed by atoms with Crippen LogP contribution in [0, 0.1) is 11.3 Å². The molecule has 5 rings (SSSR count). The number of amides is 1. The normalized spacial score (nSPS) is 13.1. The van der Waals surface area contributed by atoms with Crippen molar-refractivity contribution < 1.29 is 22.7 Å². The SMILES string of the molecule is N#Cc1nn(-c2cc(Cl)c(Oc3ccc4c(c3)CCN(Cc3cccc(C(F)(F)F)c3)C4=O)c(Cl)c2)c(=O)[nH]c1=O. The van der Waals surface area contributed by atoms with E-state index in [4.69, 9.17) is 33.2 Å². The van der Waals surface area contributed by atoms with Gasteiger partial charge in [0.25, 0.3) is 11.5 Å². The lowest BCUT2D eigenvalue weighted by Gasteiger charge is -2.29. The minimum atomic E-state index is -4.48. The van der Waals surface area contributed by atoms with Gasteiger partial charge in [-0.25, -0.2) is 4.79 Å². The Labute approximate surface area is 238 Å². The van der Waals surface area contributed by atoms with Gasteiger partial charge in [-0.15, -0.1) is 5.10 Å². The van der Waals surface area contributed by atoms with E-state index in [1.807, 2.05) is 4.98 Å². The van der Waals surface area contributed by atoms with Gasteiger partial charge in [0.1, 0.15) is 11.8 Å². The fourth-order valence-electron chi connectivity index (χ4n) is 4.33. The van der Waals surface area contributed by atoms with Gasteiger partial charge in [-0.2, -0.15) is 23.1 Å². The quantitative estimate of drug-likeness (QED) is 0.339. The lowest BCUT2D eigenvalue weighted by atomic mass is 9.98. The highest BCUT2D eigenvalue weighted by Crippen LogP contribution is 2.39. The Bertz CT molecular complexity index is 1840. The van der Waals surface area contributed by atoms with E-state index in [1.54, 1.807) is 24.3 Å². The van der Waals surface area contributed by atoms with Crippen molar-refractivity contribution in [3.05, 3.63) is 113 Å². The van der Waals surface area contributed by atoms with Crippen LogP contribution in [0.25, 0.3) is 5.69 Å². The number of nitrogens with one attached hydrogen (secondary N) is 1. The summed E-state index contributed by atoms with van der Waals surface area (Å²) in [6, 6.07) is 13.8. The lowest BCUT2D eigenvalue weighted by molar-refractivity contribution is -0.137. The number of aromatic amines is 1. The van der Waals surface area contributed by atoms with Crippen LogP contribution in [0.1, 0.15) is 32.7 Å². The molecule has 3 aromatic carbocycles. The average molecular weight is 602 g/mol. The second-order valence-corrected chi connectivity index (χ2v) is 9.78. The molecule has 1 amide bonds. The van der Waals surface area contributed by atoms with Crippen LogP contribution in [-0.2, 0) is 19.1 Å². The number of hydrogen-bond acceptors (Lipinski definition) is 6. The van der Waals surface area contributed by atoms with Gasteiger partial charge >= 0.3 is 11.9 Å². The molecule has 0 bridgehead atoms. The summed E-state index contributed by atoms with van der Waals surface area (Å²) in [5.74, 6) is 0.0278. The van der Waals surface area contributed by atoms with Gasteiger partial charge < -0.3 is 9.64 Å². The Morgan fingerprint density at radius 3 is 2.46 bits per heavy atom. The number of carbonyl (C=O) groups is 1. The molecule has 0 aliphatic carbocycles. The molecule has 0 fully saturated rings. The molecule has 0 spiro atoms. The maximum Gasteiger partial charge on any atom is 0.416 e. The van der Waals surface area contributed by atoms with Crippen molar-refractivity contribution in [3.63, 3.8) is 0 Å². The van der Waals surface area contributed by atoms with Crippen LogP contribution in [0.2, 0.25) is 10.0 Å². The van der Waals surface area contributed by atoms with Gasteiger partial charge in [-0.05, 0) is 60.0 Å². The molecule has 1 aromatic heterocycles. The van der Waals surface area contributed by atoms with Gasteiger partial charge in [-0.1, -0.05) is 35.3 Å². The highest BCUT2D eigenvalue weighted by Gasteiger charge is 2.31. The van der Waals surface area contributed by atoms with Crippen LogP contribution >= 0.6 is 23.2 Å². The van der Waals surface area contributed by atoms with E-state index < -0.39 is 28.7 Å². The standard InChI is InChI=1S/C27H16Cl2F3N5O4/c28-20-10-17(37-26(40)34-24(38)22(12-33)35-37)11-21(29)23(20)41-18-4-5-19-15(9-18)6-7-36(25(19)39)13-14-2-1-3-16(8-14)27(30,31)32/h1-5,8-11H,6-7,13H2,(H,34,38,40). The fourth-order valence-corrected chi connectivity index (χ4v) is 4.88. The van der Waals surface area contributed by atoms with Gasteiger partial charge in [0, 0.05) is 18.7 Å². The number of fused-ring (bicyclic) bond motifs is 1. The molecule has 9 nitrogen and oxygen atoms in total. The highest BCUT2D eigenvalue weighted by atomic mass is 35.5. The molecule has 4 aromatic rings. The Morgan fingerprint density at radius 2 is 1.78 bits per heavy atom. The first-order valence-corrected chi connectivity index (χ1v) is 12.6. The first-order chi connectivity index (χ1) is 19.4. The molecule has 2 heterocycles. The molecule has 0 saturated heterocycles. The number of H-pyrrole nitrogens is 1. The third-order valence-electron chi connectivity index (χ3n) is 6.25. The number of ether oxygens (including phenoxy) is 1. The van der Waals surface area contributed by atoms with E-state index in [-0.39, 0.29) is 40.5 Å². The zero-order valence-electron chi connectivity index (χ0n) is 20.6. The van der Waals surface area contributed by atoms with E-state index >= 15 is 0 Å². The number of nitrogens with zero attached hydrogens (tertiary/aromatic N) is 4. The molecule has 1 N–H and O–H groups in total. The summed E-state index contributed by atoms with van der Waals surface area (Å²) in [5.41, 5.74) is -1.65. The van der Waals surface area contributed by atoms with Crippen molar-refractivity contribution in [2.24, 2.45) is 0 Å². The number of aromatic nitrogens is 3. The molecule has 1 aliphatic rings. The predicted octanol–water partition coefficient (Wildman–Crippen LogP) is 5.11. The highest BCUT2D eigenvalue weighted by molar-refractivity contribution is 6.37. The Morgan fingerprint density at radius 1 is 1.05 bits per heavy atom. The summed E-state index contributed by atoms with van der Waals surface area (Å²) in [6.07, 6.45) is -4.05. The van der Waals surface area contributed by atoms with Crippen LogP contribution in [0.3, 0.4) is 0 Å². The molecular formula is C27H16Cl2F3N5O4. The number of carbonyl (C=O) groups excluding carboxylic acids is 1. The molecule has 0 saturated carbocycles. The van der Waals surface area contributed by atoms with Crippen LogP contribution in [0.4, 0.5) is 13.2 Å². The van der Waals surface area contributed by atoms with Gasteiger partial charge in [-0.3, -0.25) is 14.6 Å². The van der Waals surface area contributed by atoms with Crippen LogP contribution < -0.4 is 16.0 Å². The number of halogens is 5. The second kappa shape index (κ2) is 10.8. The van der Waals surface area contributed by atoms with E-state index in [2.05, 4.69) is 5.10 Å². The largest absolute Gasteiger partial charge is 0.454 e. The number of hydrogen-bond donors (Lipinski definition) is 1. The minimum Gasteiger partial charge on any atom is -0.454 e. The zero-order chi connectivity index (χ0) is 29.5. The molecule has 0 unspecified atom stereocenters. The molecular weight excluding hydrogens is 586 g/mol. The van der Waals surface area contributed by atoms with Crippen LogP contribution in [0.5, 0.6) is 11.5 Å². The van der Waals surface area contributed by atoms with Crippen molar-refractivity contribution >= 4 is 29.1 Å². The molecule has 1 aliphatic heterocycles. The molecule has 41 heavy (non-hydrogen) atoms. The first-order valence-electron chi connectivity index (χ1n) is 11.8. The molecule has 208 valence electrons. The summed E-state index contributed by atoms with van der Waals surface area (Å²) in [4.78, 5) is 40.4. The number of benzene rings is 3. The summed E-state index contributed by atoms with van der Waals surface area (Å²) in [6.45, 7) is 0.314. The third-order valence-corrected chi connectivity index (χ3v) is 6.82. The topological polar surface area (TPSA) is 121 Å². The maximum absolute atomic E-state index is 13.1. The summed E-state index contributed by atoms with van der Waals surface area (Å²) >= 11 is 12.7. The zero-order valence-corrected chi connectivity index (χ0v) is 22.1. The van der Waals surface area contributed by atoms with Crippen LogP contribution in [0.15, 0.2) is 64.2 Å². The van der Waals surface area contributed by atoms with E-state index in [1.165, 1.54) is 29.2 Å². The molecule has 0 atom stereocenters. The monoisotopic (exact) mass is 601 g/mol. The predicted molar refractivity (Wildman–Crippen MR) is 142 cm³/mol. The van der Waals surface area contributed by atoms with Gasteiger partial charge in [0.05, 0.1) is 21.3 Å². The second-order valence-electron chi connectivity index (χ2n) is 8.97. The van der Waals surface area contributed by atoms with E-state index in [0.29, 0.717) is 28.9 Å². The minimum absolute atomic E-state index is 0.00744. The molecule has 0 radical (unpaired) electrons. The Hall–Kier alpha value is -4.60. The van der Waals surface area contributed by atoms with Crippen molar-refractivity contribution in [2.75, 3.05) is 6.54 Å². The maximum atomic E-state index is 13.1. The molecule has 14 heteroatoms. The first kappa shape index (κ1) is 27.9. The smallest absolute Gasteiger partial charge is 0.416 e. The average Bonchev–Trinajstić information content (AvgIpc) is 2.92. The van der Waals surface area contributed by atoms with Crippen molar-refractivity contribution in [2.45, 2.75) is 19.1 Å². The van der Waals surface area contributed by atoms with Gasteiger partial charge in [0.15, 0.2) is 5.75 Å². The summed E-state index contributed by atoms with van der Waals surface area (Å²) in [5, 5.41) is 12.7. The summed E-state index contributed by atoms with van der Waals surface area (Å²) < 4.78 is 45.9. The van der Waals surface area contributed by atoms with Crippen molar-refractivity contribution in [1.82, 2.24) is 19.7 Å². The van der Waals surface area contributed by atoms with E-state index in [0.717, 1.165) is 16.8 Å². The Kier molecular flexibility index (Phi) is 7.33. The Balaban J connectivity index is 1.36. The van der Waals surface area contributed by atoms with Crippen LogP contribution in [-0.4, -0.2) is 32.1 Å². The fraction of sp³-hybridized carbons (Fsp3) is 0.148. The lowest BCUT2D eigenvalue weighted by Crippen LogP contribution is -2.37. The summed E-state index contributed by atoms with van der Waals surface area (Å²) in [7, 11) is 0.